The number of carbonyl (C=O) groups excluding carboxylic acids is 1. The number of likely N-dealkylation sites (N-methyl/N-ethyl adjacent to an activating group) is 1. The molecule has 0 aliphatic carbocycles. The van der Waals surface area contributed by atoms with Crippen molar-refractivity contribution in [3.8, 4) is 0 Å². The van der Waals surface area contributed by atoms with Crippen LogP contribution in [-0.2, 0) is 4.79 Å². The molecule has 0 spiro atoms. The van der Waals surface area contributed by atoms with E-state index in [-0.39, 0.29) is 5.91 Å². The van der Waals surface area contributed by atoms with Crippen LogP contribution in [0.1, 0.15) is 38.8 Å². The molecule has 3 rings (SSSR count). The molecule has 1 fully saturated rings. The van der Waals surface area contributed by atoms with E-state index in [1.165, 1.54) is 22.7 Å². The number of carbonyl (C=O) groups is 1. The number of rotatable bonds is 4. The lowest BCUT2D eigenvalue weighted by Crippen LogP contribution is -2.27. The second-order valence-electron chi connectivity index (χ2n) is 5.69. The van der Waals surface area contributed by atoms with E-state index in [1.807, 2.05) is 19.1 Å². The lowest BCUT2D eigenvalue weighted by molar-refractivity contribution is -0.121. The molecule has 3 nitrogen and oxygen atoms in total. The van der Waals surface area contributed by atoms with Crippen LogP contribution in [0.15, 0.2) is 35.4 Å². The molecule has 1 aliphatic rings. The van der Waals surface area contributed by atoms with Crippen molar-refractivity contribution in [2.45, 2.75) is 33.2 Å². The van der Waals surface area contributed by atoms with Gasteiger partial charge >= 0.3 is 0 Å². The summed E-state index contributed by atoms with van der Waals surface area (Å²) in [5.41, 5.74) is 2.29. The predicted octanol–water partition coefficient (Wildman–Crippen LogP) is 4.83. The van der Waals surface area contributed by atoms with E-state index < -0.39 is 0 Å². The molecule has 1 atom stereocenters. The van der Waals surface area contributed by atoms with Crippen molar-refractivity contribution in [2.75, 3.05) is 6.54 Å². The van der Waals surface area contributed by atoms with Gasteiger partial charge in [-0.25, -0.2) is 0 Å². The highest BCUT2D eigenvalue weighted by Gasteiger charge is 2.30. The van der Waals surface area contributed by atoms with Crippen molar-refractivity contribution in [3.63, 3.8) is 0 Å². The molecule has 1 saturated heterocycles. The minimum absolute atomic E-state index is 0.0165. The number of thiocarbonyl (C=S) groups is 1. The zero-order valence-corrected chi connectivity index (χ0v) is 15.2. The van der Waals surface area contributed by atoms with Crippen LogP contribution in [0.5, 0.6) is 0 Å². The van der Waals surface area contributed by atoms with Crippen LogP contribution in [0.25, 0.3) is 17.0 Å². The summed E-state index contributed by atoms with van der Waals surface area (Å²) in [4.78, 5) is 14.8. The number of amides is 1. The summed E-state index contributed by atoms with van der Waals surface area (Å²) >= 11 is 6.69. The van der Waals surface area contributed by atoms with Crippen molar-refractivity contribution >= 4 is 51.2 Å². The van der Waals surface area contributed by atoms with Gasteiger partial charge in [0.2, 0.25) is 0 Å². The normalized spacial score (nSPS) is 18.4. The minimum Gasteiger partial charge on any atom is -0.344 e. The number of nitrogens with zero attached hydrogens (tertiary/aromatic N) is 2. The van der Waals surface area contributed by atoms with Crippen LogP contribution in [0, 0.1) is 0 Å². The maximum atomic E-state index is 12.4. The highest BCUT2D eigenvalue weighted by atomic mass is 32.2. The Hall–Kier alpha value is -1.59. The zero-order chi connectivity index (χ0) is 16.6. The third kappa shape index (κ3) is 2.83. The van der Waals surface area contributed by atoms with Crippen LogP contribution in [0.4, 0.5) is 0 Å². The molecule has 0 bridgehead atoms. The Labute approximate surface area is 146 Å². The summed E-state index contributed by atoms with van der Waals surface area (Å²) in [5, 5.41) is 1.18. The number of para-hydroxylation sites is 1. The molecular formula is C18H20N2OS2. The van der Waals surface area contributed by atoms with E-state index >= 15 is 0 Å². The van der Waals surface area contributed by atoms with Crippen molar-refractivity contribution in [1.82, 2.24) is 9.47 Å². The van der Waals surface area contributed by atoms with Gasteiger partial charge in [0.25, 0.3) is 5.91 Å². The monoisotopic (exact) mass is 344 g/mol. The van der Waals surface area contributed by atoms with E-state index in [2.05, 4.69) is 42.8 Å². The molecule has 23 heavy (non-hydrogen) atoms. The molecule has 5 heteroatoms. The second-order valence-corrected chi connectivity index (χ2v) is 7.37. The number of thioether (sulfide) groups is 1. The molecule has 1 aliphatic heterocycles. The SMILES string of the molecule is CC[C@@H](C)n1cc(/C=C2\SC(=S)N(CC)C2=O)c2ccccc21. The molecule has 2 aromatic rings. The van der Waals surface area contributed by atoms with Gasteiger partial charge in [0, 0.05) is 35.2 Å². The third-order valence-corrected chi connectivity index (χ3v) is 5.69. The Bertz CT molecular complexity index is 806. The fraction of sp³-hybridized carbons (Fsp3) is 0.333. The number of benzene rings is 1. The highest BCUT2D eigenvalue weighted by molar-refractivity contribution is 8.26. The molecule has 120 valence electrons. The molecular weight excluding hydrogens is 324 g/mol. The quantitative estimate of drug-likeness (QED) is 0.586. The lowest BCUT2D eigenvalue weighted by Gasteiger charge is -2.12. The predicted molar refractivity (Wildman–Crippen MR) is 102 cm³/mol. The van der Waals surface area contributed by atoms with Gasteiger partial charge in [0.15, 0.2) is 0 Å². The van der Waals surface area contributed by atoms with E-state index in [0.717, 1.165) is 12.0 Å². The first-order valence-electron chi connectivity index (χ1n) is 7.91. The molecule has 0 radical (unpaired) electrons. The molecule has 0 unspecified atom stereocenters. The van der Waals surface area contributed by atoms with Crippen LogP contribution in [0.3, 0.4) is 0 Å². The first kappa shape index (κ1) is 16.3. The zero-order valence-electron chi connectivity index (χ0n) is 13.6. The van der Waals surface area contributed by atoms with Crippen LogP contribution >= 0.6 is 24.0 Å². The average molecular weight is 345 g/mol. The van der Waals surface area contributed by atoms with Gasteiger partial charge in [-0.3, -0.25) is 9.69 Å². The van der Waals surface area contributed by atoms with E-state index in [9.17, 15) is 4.79 Å². The fourth-order valence-corrected chi connectivity index (χ4v) is 4.20. The van der Waals surface area contributed by atoms with Gasteiger partial charge in [-0.15, -0.1) is 0 Å². The number of hydrogen-bond acceptors (Lipinski definition) is 3. The maximum absolute atomic E-state index is 12.4. The van der Waals surface area contributed by atoms with Gasteiger partial charge < -0.3 is 4.57 Å². The summed E-state index contributed by atoms with van der Waals surface area (Å²) in [5.74, 6) is 0.0165. The van der Waals surface area contributed by atoms with Crippen LogP contribution in [-0.4, -0.2) is 26.2 Å². The van der Waals surface area contributed by atoms with Crippen molar-refractivity contribution in [3.05, 3.63) is 40.9 Å². The molecule has 0 saturated carbocycles. The maximum Gasteiger partial charge on any atom is 0.266 e. The first-order chi connectivity index (χ1) is 11.1. The number of hydrogen-bond donors (Lipinski definition) is 0. The van der Waals surface area contributed by atoms with Crippen LogP contribution in [0.2, 0.25) is 0 Å². The Kier molecular flexibility index (Phi) is 4.60. The fourth-order valence-electron chi connectivity index (χ4n) is 2.82. The van der Waals surface area contributed by atoms with Crippen molar-refractivity contribution in [2.24, 2.45) is 0 Å². The standard InChI is InChI=1S/C18H20N2OS2/c1-4-12(3)20-11-13(14-8-6-7-9-15(14)20)10-16-17(21)19(5-2)18(22)23-16/h6-12H,4-5H2,1-3H3/b16-10-/t12-/m1/s1. The second kappa shape index (κ2) is 6.49. The lowest BCUT2D eigenvalue weighted by atomic mass is 10.1. The van der Waals surface area contributed by atoms with E-state index in [1.54, 1.807) is 4.90 Å². The van der Waals surface area contributed by atoms with E-state index in [0.29, 0.717) is 21.8 Å². The molecule has 1 amide bonds. The first-order valence-corrected chi connectivity index (χ1v) is 9.14. The van der Waals surface area contributed by atoms with Gasteiger partial charge in [-0.1, -0.05) is 49.1 Å². The largest absolute Gasteiger partial charge is 0.344 e. The van der Waals surface area contributed by atoms with Gasteiger partial charge in [-0.2, -0.15) is 0 Å². The Morgan fingerprint density at radius 2 is 2.04 bits per heavy atom. The summed E-state index contributed by atoms with van der Waals surface area (Å²) in [7, 11) is 0. The molecule has 0 N–H and O–H groups in total. The molecule has 1 aromatic carbocycles. The van der Waals surface area contributed by atoms with Crippen LogP contribution < -0.4 is 0 Å². The topological polar surface area (TPSA) is 25.2 Å². The van der Waals surface area contributed by atoms with Gasteiger partial charge in [0.05, 0.1) is 4.91 Å². The third-order valence-electron chi connectivity index (χ3n) is 4.31. The smallest absolute Gasteiger partial charge is 0.266 e. The van der Waals surface area contributed by atoms with Gasteiger partial charge in [-0.05, 0) is 32.4 Å². The van der Waals surface area contributed by atoms with Gasteiger partial charge in [0.1, 0.15) is 4.32 Å². The number of fused-ring (bicyclic) bond motifs is 1. The summed E-state index contributed by atoms with van der Waals surface area (Å²) in [6, 6.07) is 8.77. The Morgan fingerprint density at radius 3 is 2.70 bits per heavy atom. The van der Waals surface area contributed by atoms with E-state index in [4.69, 9.17) is 12.2 Å². The molecule has 1 aromatic heterocycles. The van der Waals surface area contributed by atoms with Crippen molar-refractivity contribution in [1.29, 1.82) is 0 Å². The number of aromatic nitrogens is 1. The average Bonchev–Trinajstić information content (AvgIpc) is 3.05. The van der Waals surface area contributed by atoms with Crippen molar-refractivity contribution < 1.29 is 4.79 Å². The summed E-state index contributed by atoms with van der Waals surface area (Å²) < 4.78 is 2.94. The summed E-state index contributed by atoms with van der Waals surface area (Å²) in [6.07, 6.45) is 5.20. The Balaban J connectivity index is 2.09. The highest BCUT2D eigenvalue weighted by Crippen LogP contribution is 2.34. The summed E-state index contributed by atoms with van der Waals surface area (Å²) in [6.45, 7) is 6.97. The molecule has 2 heterocycles. The minimum atomic E-state index is 0.0165. The Morgan fingerprint density at radius 1 is 1.30 bits per heavy atom.